The van der Waals surface area contributed by atoms with Crippen LogP contribution in [0.3, 0.4) is 0 Å². The Kier molecular flexibility index (Phi) is 5.74. The van der Waals surface area contributed by atoms with Gasteiger partial charge in [-0.25, -0.2) is 4.98 Å². The van der Waals surface area contributed by atoms with Gasteiger partial charge in [0.25, 0.3) is 0 Å². The molecule has 1 aromatic carbocycles. The molecule has 0 aliphatic heterocycles. The van der Waals surface area contributed by atoms with Crippen molar-refractivity contribution in [1.29, 1.82) is 0 Å². The first-order chi connectivity index (χ1) is 13.2. The Morgan fingerprint density at radius 2 is 1.86 bits per heavy atom. The fourth-order valence-electron chi connectivity index (χ4n) is 3.35. The first kappa shape index (κ1) is 20.3. The van der Waals surface area contributed by atoms with E-state index in [1.54, 1.807) is 0 Å². The Morgan fingerprint density at radius 3 is 2.46 bits per heavy atom. The van der Waals surface area contributed by atoms with E-state index in [4.69, 9.17) is 0 Å². The normalized spacial score (nSPS) is 20.4. The maximum absolute atomic E-state index is 12.8. The van der Waals surface area contributed by atoms with Gasteiger partial charge in [-0.05, 0) is 37.0 Å². The Balaban J connectivity index is 1.94. The molecule has 6 nitrogen and oxygen atoms in total. The molecular weight excluding hydrogens is 373 g/mol. The van der Waals surface area contributed by atoms with Gasteiger partial charge < -0.3 is 15.5 Å². The van der Waals surface area contributed by atoms with Crippen molar-refractivity contribution in [2.24, 2.45) is 0 Å². The van der Waals surface area contributed by atoms with Gasteiger partial charge >= 0.3 is 6.18 Å². The van der Waals surface area contributed by atoms with Gasteiger partial charge in [0, 0.05) is 5.56 Å². The highest BCUT2D eigenvalue weighted by Crippen LogP contribution is 2.37. The Labute approximate surface area is 160 Å². The van der Waals surface area contributed by atoms with E-state index < -0.39 is 23.6 Å². The predicted octanol–water partition coefficient (Wildman–Crippen LogP) is 4.10. The number of benzene rings is 1. The van der Waals surface area contributed by atoms with Crippen LogP contribution < -0.4 is 5.32 Å². The van der Waals surface area contributed by atoms with Crippen LogP contribution >= 0.6 is 0 Å². The zero-order valence-corrected chi connectivity index (χ0v) is 15.7. The third kappa shape index (κ3) is 4.35. The highest BCUT2D eigenvalue weighted by molar-refractivity contribution is 5.69. The van der Waals surface area contributed by atoms with Gasteiger partial charge in [0.1, 0.15) is 11.4 Å². The average Bonchev–Trinajstić information content (AvgIpc) is 2.63. The van der Waals surface area contributed by atoms with E-state index in [1.165, 1.54) is 6.07 Å². The number of nitrogens with zero attached hydrogens (tertiary/aromatic N) is 3. The number of alkyl halides is 3. The summed E-state index contributed by atoms with van der Waals surface area (Å²) in [6.45, 7) is 3.74. The summed E-state index contributed by atoms with van der Waals surface area (Å²) in [4.78, 5) is 4.46. The quantitative estimate of drug-likeness (QED) is 0.721. The molecule has 3 rings (SSSR count). The Bertz CT molecular complexity index is 842. The van der Waals surface area contributed by atoms with Crippen LogP contribution in [-0.2, 0) is 6.18 Å². The second kappa shape index (κ2) is 7.90. The Hall–Kier alpha value is -2.42. The topological polar surface area (TPSA) is 91.2 Å². The second-order valence-electron chi connectivity index (χ2n) is 7.36. The lowest BCUT2D eigenvalue weighted by atomic mass is 9.93. The van der Waals surface area contributed by atoms with Crippen molar-refractivity contribution in [2.75, 3.05) is 5.32 Å². The molecule has 1 heterocycles. The SMILES string of the molecule is CC(C)c1nc(N[C@@H]2CCCC[C@H]2O)nnc1-c1ccc(C(F)(F)F)cc1O. The molecule has 0 spiro atoms. The molecule has 0 amide bonds. The van der Waals surface area contributed by atoms with Gasteiger partial charge in [0.2, 0.25) is 5.95 Å². The number of aromatic hydroxyl groups is 1. The molecule has 2 aromatic rings. The molecule has 1 aromatic heterocycles. The number of anilines is 1. The van der Waals surface area contributed by atoms with Gasteiger partial charge in [-0.15, -0.1) is 10.2 Å². The fourth-order valence-corrected chi connectivity index (χ4v) is 3.35. The van der Waals surface area contributed by atoms with E-state index >= 15 is 0 Å². The minimum atomic E-state index is -4.55. The monoisotopic (exact) mass is 396 g/mol. The van der Waals surface area contributed by atoms with Crippen LogP contribution in [0.25, 0.3) is 11.3 Å². The van der Waals surface area contributed by atoms with Gasteiger partial charge in [0.05, 0.1) is 23.4 Å². The number of nitrogens with one attached hydrogen (secondary N) is 1. The van der Waals surface area contributed by atoms with Crippen LogP contribution in [0, 0.1) is 0 Å². The molecule has 1 saturated carbocycles. The predicted molar refractivity (Wildman–Crippen MR) is 97.9 cm³/mol. The summed E-state index contributed by atoms with van der Waals surface area (Å²) >= 11 is 0. The number of hydrogen-bond donors (Lipinski definition) is 3. The minimum Gasteiger partial charge on any atom is -0.507 e. The summed E-state index contributed by atoms with van der Waals surface area (Å²) in [6.07, 6.45) is -1.56. The van der Waals surface area contributed by atoms with Crippen LogP contribution in [0.15, 0.2) is 18.2 Å². The van der Waals surface area contributed by atoms with Crippen molar-refractivity contribution in [3.63, 3.8) is 0 Å². The van der Waals surface area contributed by atoms with Crippen LogP contribution in [0.1, 0.15) is 56.7 Å². The molecule has 1 fully saturated rings. The lowest BCUT2D eigenvalue weighted by Gasteiger charge is -2.28. The molecular formula is C19H23F3N4O2. The van der Waals surface area contributed by atoms with Crippen molar-refractivity contribution in [3.8, 4) is 17.0 Å². The van der Waals surface area contributed by atoms with Crippen molar-refractivity contribution < 1.29 is 23.4 Å². The van der Waals surface area contributed by atoms with Crippen molar-refractivity contribution >= 4 is 5.95 Å². The number of phenolic OH excluding ortho intramolecular Hbond substituents is 1. The van der Waals surface area contributed by atoms with E-state index in [0.29, 0.717) is 18.2 Å². The van der Waals surface area contributed by atoms with Gasteiger partial charge in [-0.2, -0.15) is 13.2 Å². The second-order valence-corrected chi connectivity index (χ2v) is 7.36. The number of aliphatic hydroxyl groups is 1. The third-order valence-corrected chi connectivity index (χ3v) is 4.88. The van der Waals surface area contributed by atoms with Gasteiger partial charge in [-0.1, -0.05) is 26.7 Å². The summed E-state index contributed by atoms with van der Waals surface area (Å²) in [5.41, 5.74) is -0.0693. The zero-order valence-electron chi connectivity index (χ0n) is 15.7. The third-order valence-electron chi connectivity index (χ3n) is 4.88. The summed E-state index contributed by atoms with van der Waals surface area (Å²) in [5, 5.41) is 31.5. The lowest BCUT2D eigenvalue weighted by molar-refractivity contribution is -0.137. The largest absolute Gasteiger partial charge is 0.507 e. The highest BCUT2D eigenvalue weighted by Gasteiger charge is 2.32. The van der Waals surface area contributed by atoms with Crippen LogP contribution in [0.2, 0.25) is 0 Å². The highest BCUT2D eigenvalue weighted by atomic mass is 19.4. The van der Waals surface area contributed by atoms with E-state index in [1.807, 2.05) is 13.8 Å². The first-order valence-corrected chi connectivity index (χ1v) is 9.26. The maximum Gasteiger partial charge on any atom is 0.416 e. The molecule has 0 radical (unpaired) electrons. The number of phenols is 1. The summed E-state index contributed by atoms with van der Waals surface area (Å²) in [7, 11) is 0. The number of rotatable bonds is 4. The number of hydrogen-bond acceptors (Lipinski definition) is 6. The molecule has 1 aliphatic carbocycles. The minimum absolute atomic E-state index is 0.107. The van der Waals surface area contributed by atoms with E-state index in [9.17, 15) is 23.4 Å². The zero-order chi connectivity index (χ0) is 20.5. The van der Waals surface area contributed by atoms with Crippen molar-refractivity contribution in [1.82, 2.24) is 15.2 Å². The van der Waals surface area contributed by atoms with E-state index in [2.05, 4.69) is 20.5 Å². The first-order valence-electron chi connectivity index (χ1n) is 9.26. The summed E-state index contributed by atoms with van der Waals surface area (Å²) < 4.78 is 38.5. The molecule has 1 aliphatic rings. The van der Waals surface area contributed by atoms with Crippen molar-refractivity contribution in [3.05, 3.63) is 29.5 Å². The van der Waals surface area contributed by atoms with Crippen LogP contribution in [-0.4, -0.2) is 37.5 Å². The number of aromatic nitrogens is 3. The fraction of sp³-hybridized carbons (Fsp3) is 0.526. The van der Waals surface area contributed by atoms with Gasteiger partial charge in [0.15, 0.2) is 0 Å². The maximum atomic E-state index is 12.8. The lowest BCUT2D eigenvalue weighted by Crippen LogP contribution is -2.37. The molecule has 152 valence electrons. The van der Waals surface area contributed by atoms with E-state index in [-0.39, 0.29) is 29.2 Å². The van der Waals surface area contributed by atoms with Gasteiger partial charge in [-0.3, -0.25) is 0 Å². The molecule has 3 N–H and O–H groups in total. The molecule has 9 heteroatoms. The smallest absolute Gasteiger partial charge is 0.416 e. The van der Waals surface area contributed by atoms with Crippen LogP contribution in [0.4, 0.5) is 19.1 Å². The average molecular weight is 396 g/mol. The summed E-state index contributed by atoms with van der Waals surface area (Å²) in [5.74, 6) is -0.384. The Morgan fingerprint density at radius 1 is 1.14 bits per heavy atom. The number of aliphatic hydroxyl groups excluding tert-OH is 1. The van der Waals surface area contributed by atoms with Crippen molar-refractivity contribution in [2.45, 2.75) is 63.8 Å². The van der Waals surface area contributed by atoms with Crippen LogP contribution in [0.5, 0.6) is 5.75 Å². The standard InChI is InChI=1S/C19H23F3N4O2/c1-10(2)16-17(12-8-7-11(9-15(12)28)19(20,21)22)25-26-18(24-16)23-13-5-3-4-6-14(13)27/h7-10,13-14,27-28H,3-6H2,1-2H3,(H,23,24,26)/t13-,14-/m1/s1. The number of halogens is 3. The molecule has 2 atom stereocenters. The molecule has 0 bridgehead atoms. The molecule has 0 saturated heterocycles. The van der Waals surface area contributed by atoms with E-state index in [0.717, 1.165) is 25.3 Å². The summed E-state index contributed by atoms with van der Waals surface area (Å²) in [6, 6.07) is 2.58. The molecule has 0 unspecified atom stereocenters. The molecule has 28 heavy (non-hydrogen) atoms.